The number of piperidine rings is 1. The molecule has 0 amide bonds. The van der Waals surface area contributed by atoms with E-state index >= 15 is 0 Å². The molecule has 6 nitrogen and oxygen atoms in total. The van der Waals surface area contributed by atoms with Crippen molar-refractivity contribution in [3.63, 3.8) is 0 Å². The van der Waals surface area contributed by atoms with Gasteiger partial charge >= 0.3 is 30.1 Å². The Morgan fingerprint density at radius 3 is 2.22 bits per heavy atom. The summed E-state index contributed by atoms with van der Waals surface area (Å²) in [7, 11) is 0. The number of Topliss-reactive ketones (excluding diaryl/α,β-unsaturated/α-hetero) is 2. The van der Waals surface area contributed by atoms with Gasteiger partial charge in [-0.2, -0.15) is 39.5 Å². The highest BCUT2D eigenvalue weighted by atomic mass is 19.4. The molecule has 0 bridgehead atoms. The Labute approximate surface area is 225 Å². The van der Waals surface area contributed by atoms with Crippen molar-refractivity contribution in [2.45, 2.75) is 43.5 Å². The summed E-state index contributed by atoms with van der Waals surface area (Å²) in [6.45, 7) is 3.72. The number of hydrogen-bond donors (Lipinski definition) is 2. The lowest BCUT2D eigenvalue weighted by molar-refractivity contribution is -0.193. The van der Waals surface area contributed by atoms with Gasteiger partial charge < -0.3 is 20.3 Å². The number of carbonyl (C=O) groups excluding carboxylic acids is 2. The van der Waals surface area contributed by atoms with Crippen molar-refractivity contribution < 1.29 is 58.2 Å². The number of ketones is 2. The summed E-state index contributed by atoms with van der Waals surface area (Å²) in [6.07, 6.45) is -15.0. The number of hydrogen-bond acceptors (Lipinski definition) is 6. The maximum Gasteiger partial charge on any atom is 0.458 e. The fourth-order valence-electron chi connectivity index (χ4n) is 5.07. The van der Waals surface area contributed by atoms with Crippen molar-refractivity contribution in [2.24, 2.45) is 0 Å². The zero-order chi connectivity index (χ0) is 30.3. The van der Waals surface area contributed by atoms with Crippen LogP contribution in [-0.4, -0.2) is 56.2 Å². The van der Waals surface area contributed by atoms with Crippen molar-refractivity contribution in [2.75, 3.05) is 36.5 Å². The summed E-state index contributed by atoms with van der Waals surface area (Å²) in [5, 5.41) is 6.31. The van der Waals surface area contributed by atoms with E-state index < -0.39 is 41.5 Å². The average molecular weight is 601 g/mol. The second-order valence-electron chi connectivity index (χ2n) is 9.46. The van der Waals surface area contributed by atoms with Crippen molar-refractivity contribution in [1.82, 2.24) is 5.32 Å². The molecule has 1 fully saturated rings. The molecule has 0 aromatic heterocycles. The third-order valence-corrected chi connectivity index (χ3v) is 6.78. The van der Waals surface area contributed by atoms with E-state index in [1.807, 2.05) is 12.1 Å². The highest BCUT2D eigenvalue weighted by Crippen LogP contribution is 2.48. The molecule has 2 N–H and O–H groups in total. The number of anilines is 3. The second-order valence-corrected chi connectivity index (χ2v) is 9.46. The van der Waals surface area contributed by atoms with E-state index in [4.69, 9.17) is 4.74 Å². The first-order valence-corrected chi connectivity index (χ1v) is 12.1. The molecule has 2 aromatic carbocycles. The lowest BCUT2D eigenvalue weighted by atomic mass is 9.89. The Morgan fingerprint density at radius 2 is 1.61 bits per heavy atom. The third-order valence-electron chi connectivity index (χ3n) is 6.78. The van der Waals surface area contributed by atoms with Crippen LogP contribution in [0, 0.1) is 5.82 Å². The van der Waals surface area contributed by atoms with Crippen LogP contribution in [0.5, 0.6) is 0 Å². The van der Waals surface area contributed by atoms with Crippen molar-refractivity contribution in [3.05, 3.63) is 52.8 Å². The fraction of sp³-hybridized carbons (Fsp3) is 0.440. The molecule has 2 atom stereocenters. The van der Waals surface area contributed by atoms with Gasteiger partial charge in [-0.05, 0) is 48.9 Å². The van der Waals surface area contributed by atoms with Crippen LogP contribution in [0.1, 0.15) is 29.0 Å². The summed E-state index contributed by atoms with van der Waals surface area (Å²) in [6, 6.07) is 6.62. The number of alkyl halides is 9. The Bertz CT molecular complexity index is 1300. The summed E-state index contributed by atoms with van der Waals surface area (Å²) in [4.78, 5) is 21.6. The minimum atomic E-state index is -5.77. The maximum absolute atomic E-state index is 14.2. The van der Waals surface area contributed by atoms with Gasteiger partial charge in [-0.3, -0.25) is 9.59 Å². The summed E-state index contributed by atoms with van der Waals surface area (Å²) in [5.74, 6) is -7.23. The minimum absolute atomic E-state index is 0.185. The van der Waals surface area contributed by atoms with Crippen LogP contribution in [0.15, 0.2) is 30.3 Å². The van der Waals surface area contributed by atoms with Crippen LogP contribution in [0.2, 0.25) is 0 Å². The Hall–Kier alpha value is -3.40. The Balaban J connectivity index is 0.000000275. The average Bonchev–Trinajstić information content (AvgIpc) is 3.03. The van der Waals surface area contributed by atoms with Crippen LogP contribution in [0.25, 0.3) is 0 Å². The predicted molar refractivity (Wildman–Crippen MR) is 124 cm³/mol. The quantitative estimate of drug-likeness (QED) is 0.351. The second kappa shape index (κ2) is 11.1. The monoisotopic (exact) mass is 601 g/mol. The molecule has 0 aliphatic carbocycles. The lowest BCUT2D eigenvalue weighted by Crippen LogP contribution is -2.44. The largest absolute Gasteiger partial charge is 0.458 e. The van der Waals surface area contributed by atoms with E-state index in [0.29, 0.717) is 30.9 Å². The van der Waals surface area contributed by atoms with Crippen molar-refractivity contribution >= 4 is 28.6 Å². The number of ether oxygens (including phenoxy) is 1. The first-order valence-electron chi connectivity index (χ1n) is 12.1. The van der Waals surface area contributed by atoms with Gasteiger partial charge in [0, 0.05) is 42.0 Å². The number of rotatable bonds is 3. The molecule has 224 valence electrons. The van der Waals surface area contributed by atoms with E-state index in [1.165, 1.54) is 5.69 Å². The van der Waals surface area contributed by atoms with Gasteiger partial charge in [0.05, 0.1) is 24.5 Å². The maximum atomic E-state index is 14.2. The topological polar surface area (TPSA) is 70.7 Å². The van der Waals surface area contributed by atoms with Gasteiger partial charge in [0.2, 0.25) is 0 Å². The summed E-state index contributed by atoms with van der Waals surface area (Å²) in [5.41, 5.74) is 2.83. The van der Waals surface area contributed by atoms with Crippen LogP contribution >= 0.6 is 0 Å². The smallest absolute Gasteiger partial charge is 0.375 e. The molecule has 3 aliphatic rings. The zero-order valence-electron chi connectivity index (χ0n) is 20.7. The number of nitrogens with zero attached hydrogens (tertiary/aromatic N) is 1. The molecule has 0 radical (unpaired) electrons. The normalized spacial score (nSPS) is 20.3. The van der Waals surface area contributed by atoms with Gasteiger partial charge in [0.25, 0.3) is 0 Å². The lowest BCUT2D eigenvalue weighted by Gasteiger charge is -2.33. The summed E-state index contributed by atoms with van der Waals surface area (Å²) >= 11 is 0. The Kier molecular flexibility index (Phi) is 8.28. The van der Waals surface area contributed by atoms with Crippen LogP contribution < -0.4 is 15.5 Å². The molecule has 0 unspecified atom stereocenters. The van der Waals surface area contributed by atoms with Crippen molar-refractivity contribution in [1.29, 1.82) is 0 Å². The number of halogens is 10. The number of carbonyl (C=O) groups is 2. The molecule has 5 rings (SSSR count). The molecule has 2 aromatic rings. The van der Waals surface area contributed by atoms with E-state index in [1.54, 1.807) is 0 Å². The number of benzene rings is 2. The highest BCUT2D eigenvalue weighted by molar-refractivity contribution is 6.41. The molecule has 3 heterocycles. The SMILES string of the molecule is Fc1ccc(C(F)(F)F)cc1Nc1cc2c3c(c1)[C@@H]1CNCC[C@@H]1N3CCOC2.O=C(C(=O)C(F)(F)F)C(F)(F)F. The van der Waals surface area contributed by atoms with E-state index in [0.717, 1.165) is 55.4 Å². The summed E-state index contributed by atoms with van der Waals surface area (Å²) < 4.78 is 126. The highest BCUT2D eigenvalue weighted by Gasteiger charge is 2.54. The van der Waals surface area contributed by atoms with Crippen LogP contribution in [-0.2, 0) is 27.1 Å². The molecular formula is C25H21F10N3O3. The van der Waals surface area contributed by atoms with E-state index in [2.05, 4.69) is 15.5 Å². The van der Waals surface area contributed by atoms with Gasteiger partial charge in [-0.25, -0.2) is 4.39 Å². The first kappa shape index (κ1) is 30.6. The first-order chi connectivity index (χ1) is 19.0. The van der Waals surface area contributed by atoms with Crippen molar-refractivity contribution in [3.8, 4) is 0 Å². The molecule has 1 saturated heterocycles. The van der Waals surface area contributed by atoms with Gasteiger partial charge in [0.1, 0.15) is 5.82 Å². The molecule has 0 saturated carbocycles. The van der Waals surface area contributed by atoms with E-state index in [-0.39, 0.29) is 5.69 Å². The minimum Gasteiger partial charge on any atom is -0.375 e. The molecule has 41 heavy (non-hydrogen) atoms. The standard InChI is InChI=1S/C21H21F4N3O.C4F6O2/c22-17-2-1-13(21(23,24)25)8-18(17)27-14-7-12-11-29-6-5-28-19-3-4-26-10-16(19)15(9-14)20(12)28;5-3(6,7)1(11)2(12)4(8,9)10/h1-2,7-9,16,19,26-27H,3-6,10-11H2;/t16-,19-;/m0./s1. The van der Waals surface area contributed by atoms with Gasteiger partial charge in [-0.15, -0.1) is 0 Å². The number of nitrogens with one attached hydrogen (secondary N) is 2. The molecular weight excluding hydrogens is 580 g/mol. The van der Waals surface area contributed by atoms with Crippen LogP contribution in [0.3, 0.4) is 0 Å². The van der Waals surface area contributed by atoms with Gasteiger partial charge in [-0.1, -0.05) is 0 Å². The molecule has 0 spiro atoms. The van der Waals surface area contributed by atoms with E-state index in [9.17, 15) is 53.5 Å². The predicted octanol–water partition coefficient (Wildman–Crippen LogP) is 5.63. The molecule has 3 aliphatic heterocycles. The molecule has 16 heteroatoms. The van der Waals surface area contributed by atoms with Gasteiger partial charge in [0.15, 0.2) is 0 Å². The zero-order valence-corrected chi connectivity index (χ0v) is 20.7. The van der Waals surface area contributed by atoms with Crippen LogP contribution in [0.4, 0.5) is 61.0 Å². The number of fused-ring (bicyclic) bond motifs is 3. The third kappa shape index (κ3) is 6.58. The fourth-order valence-corrected chi connectivity index (χ4v) is 5.07. The Morgan fingerprint density at radius 1 is 0.951 bits per heavy atom.